The van der Waals surface area contributed by atoms with Crippen molar-refractivity contribution in [2.24, 2.45) is 0 Å². The summed E-state index contributed by atoms with van der Waals surface area (Å²) in [5.41, 5.74) is 1.47. The number of nitrogens with one attached hydrogen (secondary N) is 2. The van der Waals surface area contributed by atoms with Crippen molar-refractivity contribution in [3.8, 4) is 0 Å². The van der Waals surface area contributed by atoms with Gasteiger partial charge in [0.1, 0.15) is 5.69 Å². The number of aromatic amines is 1. The number of H-pyrrole nitrogens is 1. The highest BCUT2D eigenvalue weighted by Gasteiger charge is 2.14. The van der Waals surface area contributed by atoms with Gasteiger partial charge in [-0.1, -0.05) is 12.1 Å². The highest BCUT2D eigenvalue weighted by molar-refractivity contribution is 6.07. The second-order valence-electron chi connectivity index (χ2n) is 4.65. The molecule has 2 N–H and O–H groups in total. The lowest BCUT2D eigenvalue weighted by atomic mass is 10.2. The van der Waals surface area contributed by atoms with E-state index >= 15 is 0 Å². The molecule has 0 radical (unpaired) electrons. The maximum atomic E-state index is 12.4. The van der Waals surface area contributed by atoms with E-state index in [9.17, 15) is 4.79 Å². The monoisotopic (exact) mass is 284 g/mol. The normalized spacial score (nSPS) is 10.9. The van der Waals surface area contributed by atoms with Gasteiger partial charge in [0.2, 0.25) is 0 Å². The average Bonchev–Trinajstić information content (AvgIpc) is 3.12. The number of hydrogen-bond acceptors (Lipinski definition) is 3. The minimum atomic E-state index is -0.187. The Morgan fingerprint density at radius 2 is 2.19 bits per heavy atom. The van der Waals surface area contributed by atoms with Crippen molar-refractivity contribution in [1.82, 2.24) is 14.8 Å². The molecule has 0 spiro atoms. The highest BCUT2D eigenvalue weighted by atomic mass is 16.5. The number of hydrogen-bond donors (Lipinski definition) is 2. The fourth-order valence-corrected chi connectivity index (χ4v) is 2.24. The standard InChI is InChI=1S/C15H16N4O2/c1-21-10-9-19-8-4-7-13(19)15(20)16-14-11-5-2-3-6-12(11)17-18-14/h2-8H,9-10H2,1H3,(H2,16,17,18,20). The van der Waals surface area contributed by atoms with E-state index < -0.39 is 0 Å². The predicted molar refractivity (Wildman–Crippen MR) is 80.4 cm³/mol. The molecule has 0 aliphatic heterocycles. The van der Waals surface area contributed by atoms with E-state index in [0.717, 1.165) is 10.9 Å². The average molecular weight is 284 g/mol. The first-order valence-corrected chi connectivity index (χ1v) is 6.68. The molecule has 21 heavy (non-hydrogen) atoms. The number of anilines is 1. The molecule has 6 nitrogen and oxygen atoms in total. The summed E-state index contributed by atoms with van der Waals surface area (Å²) in [6, 6.07) is 11.3. The van der Waals surface area contributed by atoms with Crippen molar-refractivity contribution in [2.75, 3.05) is 19.0 Å². The molecule has 0 aliphatic carbocycles. The van der Waals surface area contributed by atoms with Gasteiger partial charge in [0, 0.05) is 25.2 Å². The van der Waals surface area contributed by atoms with Crippen LogP contribution in [0.1, 0.15) is 10.5 Å². The predicted octanol–water partition coefficient (Wildman–Crippen LogP) is 2.26. The first kappa shape index (κ1) is 13.4. The molecule has 0 unspecified atom stereocenters. The van der Waals surface area contributed by atoms with Crippen LogP contribution in [-0.4, -0.2) is 34.4 Å². The van der Waals surface area contributed by atoms with E-state index in [2.05, 4.69) is 15.5 Å². The van der Waals surface area contributed by atoms with Crippen molar-refractivity contribution < 1.29 is 9.53 Å². The van der Waals surface area contributed by atoms with Crippen molar-refractivity contribution in [3.05, 3.63) is 48.3 Å². The van der Waals surface area contributed by atoms with Crippen LogP contribution in [0.4, 0.5) is 5.82 Å². The molecule has 0 bridgehead atoms. The third kappa shape index (κ3) is 2.66. The molecule has 2 aromatic heterocycles. The summed E-state index contributed by atoms with van der Waals surface area (Å²) in [6.07, 6.45) is 1.86. The Balaban J connectivity index is 1.82. The summed E-state index contributed by atoms with van der Waals surface area (Å²) >= 11 is 0. The second-order valence-corrected chi connectivity index (χ2v) is 4.65. The molecule has 6 heteroatoms. The Hall–Kier alpha value is -2.60. The summed E-state index contributed by atoms with van der Waals surface area (Å²) in [5.74, 6) is 0.350. The van der Waals surface area contributed by atoms with E-state index in [0.29, 0.717) is 24.7 Å². The second kappa shape index (κ2) is 5.80. The topological polar surface area (TPSA) is 71.9 Å². The molecule has 1 aromatic carbocycles. The van der Waals surface area contributed by atoms with Gasteiger partial charge in [0.25, 0.3) is 5.91 Å². The number of amides is 1. The number of aromatic nitrogens is 3. The Morgan fingerprint density at radius 1 is 1.33 bits per heavy atom. The Morgan fingerprint density at radius 3 is 3.05 bits per heavy atom. The largest absolute Gasteiger partial charge is 0.383 e. The van der Waals surface area contributed by atoms with Crippen LogP contribution in [0, 0.1) is 0 Å². The van der Waals surface area contributed by atoms with Crippen molar-refractivity contribution in [2.45, 2.75) is 6.54 Å². The van der Waals surface area contributed by atoms with Gasteiger partial charge in [0.15, 0.2) is 5.82 Å². The van der Waals surface area contributed by atoms with Crippen LogP contribution >= 0.6 is 0 Å². The minimum Gasteiger partial charge on any atom is -0.383 e. The number of ether oxygens (including phenoxy) is 1. The van der Waals surface area contributed by atoms with Crippen LogP contribution in [0.3, 0.4) is 0 Å². The van der Waals surface area contributed by atoms with E-state index in [1.54, 1.807) is 13.2 Å². The van der Waals surface area contributed by atoms with Gasteiger partial charge in [-0.2, -0.15) is 5.10 Å². The smallest absolute Gasteiger partial charge is 0.273 e. The van der Waals surface area contributed by atoms with Crippen molar-refractivity contribution >= 4 is 22.6 Å². The Labute approximate surface area is 121 Å². The summed E-state index contributed by atoms with van der Waals surface area (Å²) in [7, 11) is 1.64. The SMILES string of the molecule is COCCn1cccc1C(=O)Nc1n[nH]c2ccccc12. The van der Waals surface area contributed by atoms with Crippen LogP contribution in [-0.2, 0) is 11.3 Å². The number of para-hydroxylation sites is 1. The molecule has 0 saturated heterocycles. The molecule has 0 aliphatic rings. The van der Waals surface area contributed by atoms with Gasteiger partial charge >= 0.3 is 0 Å². The summed E-state index contributed by atoms with van der Waals surface area (Å²) in [6.45, 7) is 1.19. The fourth-order valence-electron chi connectivity index (χ4n) is 2.24. The van der Waals surface area contributed by atoms with Gasteiger partial charge in [-0.3, -0.25) is 9.89 Å². The number of methoxy groups -OCH3 is 1. The minimum absolute atomic E-state index is 0.187. The zero-order valence-corrected chi connectivity index (χ0v) is 11.7. The molecular formula is C15H16N4O2. The Kier molecular flexibility index (Phi) is 3.70. The molecule has 0 saturated carbocycles. The molecule has 108 valence electrons. The van der Waals surface area contributed by atoms with E-state index in [1.165, 1.54) is 0 Å². The highest BCUT2D eigenvalue weighted by Crippen LogP contribution is 2.20. The van der Waals surface area contributed by atoms with Gasteiger partial charge in [0.05, 0.1) is 12.1 Å². The van der Waals surface area contributed by atoms with Gasteiger partial charge in [-0.15, -0.1) is 0 Å². The van der Waals surface area contributed by atoms with Crippen LogP contribution in [0.5, 0.6) is 0 Å². The number of rotatable bonds is 5. The molecule has 0 fully saturated rings. The maximum Gasteiger partial charge on any atom is 0.273 e. The first-order valence-electron chi connectivity index (χ1n) is 6.68. The maximum absolute atomic E-state index is 12.4. The zero-order valence-electron chi connectivity index (χ0n) is 11.7. The quantitative estimate of drug-likeness (QED) is 0.755. The summed E-state index contributed by atoms with van der Waals surface area (Å²) in [4.78, 5) is 12.4. The molecule has 0 atom stereocenters. The Bertz CT molecular complexity index is 760. The summed E-state index contributed by atoms with van der Waals surface area (Å²) in [5, 5.41) is 10.8. The molecule has 1 amide bonds. The van der Waals surface area contributed by atoms with Gasteiger partial charge in [-0.05, 0) is 24.3 Å². The van der Waals surface area contributed by atoms with Gasteiger partial charge in [-0.25, -0.2) is 0 Å². The van der Waals surface area contributed by atoms with Crippen LogP contribution < -0.4 is 5.32 Å². The van der Waals surface area contributed by atoms with Crippen LogP contribution in [0.15, 0.2) is 42.6 Å². The van der Waals surface area contributed by atoms with E-state index in [1.807, 2.05) is 41.1 Å². The van der Waals surface area contributed by atoms with E-state index in [-0.39, 0.29) is 5.91 Å². The number of fused-ring (bicyclic) bond motifs is 1. The molecule has 2 heterocycles. The third-order valence-corrected chi connectivity index (χ3v) is 3.30. The zero-order chi connectivity index (χ0) is 14.7. The van der Waals surface area contributed by atoms with Crippen LogP contribution in [0.25, 0.3) is 10.9 Å². The van der Waals surface area contributed by atoms with E-state index in [4.69, 9.17) is 4.74 Å². The first-order chi connectivity index (χ1) is 10.3. The lowest BCUT2D eigenvalue weighted by Crippen LogP contribution is -2.18. The number of carbonyl (C=O) groups is 1. The molecule has 3 aromatic rings. The molecule has 3 rings (SSSR count). The van der Waals surface area contributed by atoms with Crippen molar-refractivity contribution in [3.63, 3.8) is 0 Å². The third-order valence-electron chi connectivity index (χ3n) is 3.30. The van der Waals surface area contributed by atoms with Gasteiger partial charge < -0.3 is 14.6 Å². The molecular weight excluding hydrogens is 268 g/mol. The fraction of sp³-hybridized carbons (Fsp3) is 0.200. The van der Waals surface area contributed by atoms with Crippen molar-refractivity contribution in [1.29, 1.82) is 0 Å². The number of carbonyl (C=O) groups excluding carboxylic acids is 1. The number of benzene rings is 1. The number of nitrogens with zero attached hydrogens (tertiary/aromatic N) is 2. The lowest BCUT2D eigenvalue weighted by molar-refractivity contribution is 0.101. The van der Waals surface area contributed by atoms with Crippen LogP contribution in [0.2, 0.25) is 0 Å². The summed E-state index contributed by atoms with van der Waals surface area (Å²) < 4.78 is 6.90. The lowest BCUT2D eigenvalue weighted by Gasteiger charge is -2.08.